The molecule has 1 saturated carbocycles. The Morgan fingerprint density at radius 3 is 3.17 bits per heavy atom. The second-order valence-corrected chi connectivity index (χ2v) is 7.22. The van der Waals surface area contributed by atoms with Gasteiger partial charge in [0.05, 0.1) is 19.3 Å². The van der Waals surface area contributed by atoms with Crippen molar-refractivity contribution in [2.75, 3.05) is 13.2 Å². The Kier molecular flexibility index (Phi) is 4.47. The van der Waals surface area contributed by atoms with Crippen LogP contribution in [-0.2, 0) is 11.3 Å². The van der Waals surface area contributed by atoms with Crippen molar-refractivity contribution in [2.24, 2.45) is 0 Å². The Bertz CT molecular complexity index is 711. The summed E-state index contributed by atoms with van der Waals surface area (Å²) in [7, 11) is 0. The van der Waals surface area contributed by atoms with E-state index >= 15 is 0 Å². The number of nitrogens with zero attached hydrogens (tertiary/aromatic N) is 3. The van der Waals surface area contributed by atoms with Gasteiger partial charge in [-0.25, -0.2) is 14.4 Å². The summed E-state index contributed by atoms with van der Waals surface area (Å²) in [5, 5.41) is 3.17. The van der Waals surface area contributed by atoms with Crippen molar-refractivity contribution in [1.82, 2.24) is 14.9 Å². The van der Waals surface area contributed by atoms with Gasteiger partial charge < -0.3 is 9.47 Å². The number of aromatic nitrogens is 2. The van der Waals surface area contributed by atoms with E-state index in [4.69, 9.17) is 9.47 Å². The van der Waals surface area contributed by atoms with Crippen LogP contribution < -0.4 is 4.74 Å². The molecular formula is C17H20FN3O2S. The number of hydrogen-bond acceptors (Lipinski definition) is 6. The van der Waals surface area contributed by atoms with E-state index in [-0.39, 0.29) is 24.1 Å². The van der Waals surface area contributed by atoms with Gasteiger partial charge in [0.15, 0.2) is 5.82 Å². The van der Waals surface area contributed by atoms with E-state index in [2.05, 4.69) is 20.2 Å². The number of ether oxygens (including phenoxy) is 2. The number of rotatable bonds is 4. The molecule has 2 aliphatic rings. The third kappa shape index (κ3) is 3.16. The summed E-state index contributed by atoms with van der Waals surface area (Å²) in [6, 6.07) is 3.14. The predicted octanol–water partition coefficient (Wildman–Crippen LogP) is 2.80. The molecule has 0 amide bonds. The van der Waals surface area contributed by atoms with Crippen LogP contribution in [0.5, 0.6) is 5.88 Å². The maximum atomic E-state index is 13.9. The Morgan fingerprint density at radius 2 is 2.38 bits per heavy atom. The predicted molar refractivity (Wildman–Crippen MR) is 88.6 cm³/mol. The third-order valence-electron chi connectivity index (χ3n) is 4.65. The van der Waals surface area contributed by atoms with Crippen molar-refractivity contribution in [3.63, 3.8) is 0 Å². The normalized spacial score (nSPS) is 27.2. The summed E-state index contributed by atoms with van der Waals surface area (Å²) >= 11 is 1.68. The molecule has 0 radical (unpaired) electrons. The molecule has 4 rings (SSSR count). The van der Waals surface area contributed by atoms with Crippen LogP contribution >= 0.6 is 11.3 Å². The summed E-state index contributed by atoms with van der Waals surface area (Å²) < 4.78 is 25.8. The highest BCUT2D eigenvalue weighted by Gasteiger charge is 2.44. The zero-order chi connectivity index (χ0) is 16.5. The van der Waals surface area contributed by atoms with Crippen molar-refractivity contribution >= 4 is 11.3 Å². The fourth-order valence-electron chi connectivity index (χ4n) is 3.55. The highest BCUT2D eigenvalue weighted by atomic mass is 32.1. The lowest BCUT2D eigenvalue weighted by Crippen LogP contribution is -2.44. The molecule has 24 heavy (non-hydrogen) atoms. The fourth-order valence-corrected chi connectivity index (χ4v) is 4.35. The van der Waals surface area contributed by atoms with E-state index in [0.717, 1.165) is 36.6 Å². The largest absolute Gasteiger partial charge is 0.468 e. The summed E-state index contributed by atoms with van der Waals surface area (Å²) in [4.78, 5) is 11.0. The van der Waals surface area contributed by atoms with Gasteiger partial charge in [0.2, 0.25) is 0 Å². The number of hydrogen-bond donors (Lipinski definition) is 0. The van der Waals surface area contributed by atoms with Gasteiger partial charge >= 0.3 is 0 Å². The second-order valence-electron chi connectivity index (χ2n) is 6.28. The molecule has 2 bridgehead atoms. The van der Waals surface area contributed by atoms with Gasteiger partial charge in [-0.15, -0.1) is 11.3 Å². The number of pyridine rings is 1. The van der Waals surface area contributed by atoms with Crippen molar-refractivity contribution < 1.29 is 13.9 Å². The van der Waals surface area contributed by atoms with Gasteiger partial charge in [-0.3, -0.25) is 4.90 Å². The maximum absolute atomic E-state index is 13.9. The van der Waals surface area contributed by atoms with Crippen molar-refractivity contribution in [1.29, 1.82) is 0 Å². The quantitative estimate of drug-likeness (QED) is 0.849. The number of fused-ring (bicyclic) bond motifs is 2. The molecule has 2 fully saturated rings. The molecule has 1 aliphatic carbocycles. The first-order valence-electron chi connectivity index (χ1n) is 8.24. The minimum Gasteiger partial charge on any atom is -0.468 e. The van der Waals surface area contributed by atoms with E-state index in [9.17, 15) is 4.39 Å². The van der Waals surface area contributed by atoms with Crippen molar-refractivity contribution in [2.45, 2.75) is 44.6 Å². The zero-order valence-electron chi connectivity index (χ0n) is 13.5. The SMILES string of the molecule is Cc1csc(CN2CCOC3CCC2C3Oc2ncccc2F)n1. The molecule has 0 aromatic carbocycles. The van der Waals surface area contributed by atoms with Gasteiger partial charge in [-0.1, -0.05) is 0 Å². The van der Waals surface area contributed by atoms with E-state index in [0.29, 0.717) is 6.61 Å². The lowest BCUT2D eigenvalue weighted by atomic mass is 10.1. The molecule has 1 aliphatic heterocycles. The molecule has 3 atom stereocenters. The fraction of sp³-hybridized carbons (Fsp3) is 0.529. The lowest BCUT2D eigenvalue weighted by Gasteiger charge is -2.30. The molecule has 3 heterocycles. The van der Waals surface area contributed by atoms with Gasteiger partial charge in [0.1, 0.15) is 11.1 Å². The van der Waals surface area contributed by atoms with Crippen LogP contribution in [0.25, 0.3) is 0 Å². The average Bonchev–Trinajstić information content (AvgIpc) is 3.09. The van der Waals surface area contributed by atoms with Crippen LogP contribution in [-0.4, -0.2) is 46.3 Å². The molecule has 0 N–H and O–H groups in total. The number of halogens is 1. The van der Waals surface area contributed by atoms with Gasteiger partial charge in [-0.2, -0.15) is 0 Å². The molecule has 1 saturated heterocycles. The van der Waals surface area contributed by atoms with Crippen LogP contribution in [0.1, 0.15) is 23.5 Å². The summed E-state index contributed by atoms with van der Waals surface area (Å²) in [5.41, 5.74) is 1.05. The lowest BCUT2D eigenvalue weighted by molar-refractivity contribution is 0.000138. The van der Waals surface area contributed by atoms with Crippen LogP contribution in [0.4, 0.5) is 4.39 Å². The molecule has 2 aromatic heterocycles. The van der Waals surface area contributed by atoms with Crippen molar-refractivity contribution in [3.8, 4) is 5.88 Å². The molecule has 0 spiro atoms. The smallest absolute Gasteiger partial charge is 0.250 e. The average molecular weight is 349 g/mol. The first-order valence-corrected chi connectivity index (χ1v) is 9.12. The summed E-state index contributed by atoms with van der Waals surface area (Å²) in [6.07, 6.45) is 3.26. The minimum atomic E-state index is -0.428. The van der Waals surface area contributed by atoms with Gasteiger partial charge in [0.25, 0.3) is 5.88 Å². The molecule has 5 nitrogen and oxygen atoms in total. The Balaban J connectivity index is 1.54. The zero-order valence-corrected chi connectivity index (χ0v) is 14.3. The molecular weight excluding hydrogens is 329 g/mol. The molecule has 128 valence electrons. The summed E-state index contributed by atoms with van der Waals surface area (Å²) in [5.74, 6) is -0.363. The van der Waals surface area contributed by atoms with E-state index < -0.39 is 5.82 Å². The first-order chi connectivity index (χ1) is 11.7. The topological polar surface area (TPSA) is 47.5 Å². The Hall–Kier alpha value is -1.57. The Morgan fingerprint density at radius 1 is 1.46 bits per heavy atom. The Labute approximate surface area is 144 Å². The van der Waals surface area contributed by atoms with Gasteiger partial charge in [-0.05, 0) is 31.9 Å². The highest BCUT2D eigenvalue weighted by Crippen LogP contribution is 2.34. The van der Waals surface area contributed by atoms with Crippen LogP contribution in [0.3, 0.4) is 0 Å². The van der Waals surface area contributed by atoms with E-state index in [1.807, 2.05) is 6.92 Å². The molecule has 3 unspecified atom stereocenters. The number of thiazole rings is 1. The highest BCUT2D eigenvalue weighted by molar-refractivity contribution is 7.09. The standard InChI is InChI=1S/C17H20FN3O2S/c1-11-10-24-15(20-11)9-21-7-8-22-14-5-4-13(21)16(14)23-17-12(18)3-2-6-19-17/h2-3,6,10,13-14,16H,4-5,7-9H2,1H3. The van der Waals surface area contributed by atoms with Crippen LogP contribution in [0, 0.1) is 12.7 Å². The second kappa shape index (κ2) is 6.74. The van der Waals surface area contributed by atoms with Crippen LogP contribution in [0.2, 0.25) is 0 Å². The number of aryl methyl sites for hydroxylation is 1. The summed E-state index contributed by atoms with van der Waals surface area (Å²) in [6.45, 7) is 4.29. The van der Waals surface area contributed by atoms with E-state index in [1.165, 1.54) is 6.07 Å². The monoisotopic (exact) mass is 349 g/mol. The van der Waals surface area contributed by atoms with Crippen molar-refractivity contribution in [3.05, 3.63) is 40.2 Å². The van der Waals surface area contributed by atoms with Gasteiger partial charge in [0, 0.05) is 29.9 Å². The third-order valence-corrected chi connectivity index (χ3v) is 5.60. The molecule has 7 heteroatoms. The van der Waals surface area contributed by atoms with E-state index in [1.54, 1.807) is 23.6 Å². The molecule has 2 aromatic rings. The first kappa shape index (κ1) is 15.9. The minimum absolute atomic E-state index is 0.000521. The maximum Gasteiger partial charge on any atom is 0.250 e. The van der Waals surface area contributed by atoms with Crippen LogP contribution in [0.15, 0.2) is 23.7 Å².